The second-order valence-electron chi connectivity index (χ2n) is 7.32. The number of ether oxygens (including phenoxy) is 1. The molecule has 1 fully saturated rings. The summed E-state index contributed by atoms with van der Waals surface area (Å²) in [6.07, 6.45) is 2.01. The summed E-state index contributed by atoms with van der Waals surface area (Å²) in [7, 11) is 0. The number of urea groups is 1. The zero-order valence-corrected chi connectivity index (χ0v) is 15.6. The second-order valence-corrected chi connectivity index (χ2v) is 7.32. The van der Waals surface area contributed by atoms with E-state index >= 15 is 0 Å². The summed E-state index contributed by atoms with van der Waals surface area (Å²) in [5, 5.41) is 6.08. The Balaban J connectivity index is 1.24. The highest BCUT2D eigenvalue weighted by atomic mass is 16.5. The summed E-state index contributed by atoms with van der Waals surface area (Å²) >= 11 is 0. The van der Waals surface area contributed by atoms with Crippen LogP contribution in [0.3, 0.4) is 0 Å². The van der Waals surface area contributed by atoms with Crippen LogP contribution in [0.15, 0.2) is 48.5 Å². The molecule has 2 amide bonds. The number of nitrogens with one attached hydrogen (secondary N) is 2. The van der Waals surface area contributed by atoms with E-state index in [1.165, 1.54) is 16.7 Å². The number of aryl methyl sites for hydroxylation is 1. The monoisotopic (exact) mass is 365 g/mol. The number of rotatable bonds is 5. The first kappa shape index (κ1) is 18.0. The smallest absolute Gasteiger partial charge is 0.315 e. The number of morpholine rings is 1. The van der Waals surface area contributed by atoms with Crippen LogP contribution in [0.25, 0.3) is 0 Å². The van der Waals surface area contributed by atoms with Crippen molar-refractivity contribution >= 4 is 6.03 Å². The molecule has 0 bridgehead atoms. The van der Waals surface area contributed by atoms with Gasteiger partial charge in [-0.3, -0.25) is 4.90 Å². The molecule has 1 heterocycles. The Labute approximate surface area is 160 Å². The molecule has 27 heavy (non-hydrogen) atoms. The lowest BCUT2D eigenvalue weighted by Crippen LogP contribution is -2.37. The van der Waals surface area contributed by atoms with Gasteiger partial charge in [-0.25, -0.2) is 4.79 Å². The maximum absolute atomic E-state index is 12.3. The third kappa shape index (κ3) is 4.67. The zero-order chi connectivity index (χ0) is 18.5. The van der Waals surface area contributed by atoms with Gasteiger partial charge < -0.3 is 15.4 Å². The summed E-state index contributed by atoms with van der Waals surface area (Å²) < 4.78 is 5.39. The fourth-order valence-electron chi connectivity index (χ4n) is 3.88. The molecule has 2 aliphatic rings. The van der Waals surface area contributed by atoms with E-state index in [1.807, 2.05) is 6.07 Å². The van der Waals surface area contributed by atoms with Crippen LogP contribution in [0.5, 0.6) is 0 Å². The third-order valence-electron chi connectivity index (χ3n) is 5.42. The molecule has 1 unspecified atom stereocenters. The van der Waals surface area contributed by atoms with Crippen molar-refractivity contribution in [3.63, 3.8) is 0 Å². The second kappa shape index (κ2) is 8.55. The van der Waals surface area contributed by atoms with Gasteiger partial charge in [0.2, 0.25) is 0 Å². The minimum atomic E-state index is -0.103. The Morgan fingerprint density at radius 3 is 2.59 bits per heavy atom. The highest BCUT2D eigenvalue weighted by Crippen LogP contribution is 2.30. The number of benzene rings is 2. The molecular formula is C22H27N3O2. The minimum Gasteiger partial charge on any atom is -0.379 e. The highest BCUT2D eigenvalue weighted by molar-refractivity contribution is 5.74. The summed E-state index contributed by atoms with van der Waals surface area (Å²) in [4.78, 5) is 14.7. The van der Waals surface area contributed by atoms with Crippen molar-refractivity contribution in [3.8, 4) is 0 Å². The number of fused-ring (bicyclic) bond motifs is 1. The molecule has 0 aromatic heterocycles. The van der Waals surface area contributed by atoms with Gasteiger partial charge in [-0.2, -0.15) is 0 Å². The van der Waals surface area contributed by atoms with Crippen LogP contribution in [-0.4, -0.2) is 37.2 Å². The van der Waals surface area contributed by atoms with Crippen LogP contribution < -0.4 is 10.6 Å². The van der Waals surface area contributed by atoms with Crippen molar-refractivity contribution in [2.45, 2.75) is 32.0 Å². The lowest BCUT2D eigenvalue weighted by atomic mass is 10.1. The van der Waals surface area contributed by atoms with Crippen LogP contribution in [0.1, 0.15) is 34.7 Å². The maximum atomic E-state index is 12.3. The first-order chi connectivity index (χ1) is 13.3. The Morgan fingerprint density at radius 1 is 1.04 bits per heavy atom. The van der Waals surface area contributed by atoms with Crippen molar-refractivity contribution in [1.29, 1.82) is 0 Å². The number of carbonyl (C=O) groups excluding carboxylic acids is 1. The number of amides is 2. The molecule has 1 aliphatic carbocycles. The van der Waals surface area contributed by atoms with Gasteiger partial charge in [0.15, 0.2) is 0 Å². The average molecular weight is 365 g/mol. The molecular weight excluding hydrogens is 338 g/mol. The van der Waals surface area contributed by atoms with Gasteiger partial charge in [0.1, 0.15) is 0 Å². The summed E-state index contributed by atoms with van der Waals surface area (Å²) in [5.74, 6) is 0. The summed E-state index contributed by atoms with van der Waals surface area (Å²) in [6, 6.07) is 16.9. The number of hydrogen-bond acceptors (Lipinski definition) is 3. The fourth-order valence-corrected chi connectivity index (χ4v) is 3.88. The first-order valence-electron chi connectivity index (χ1n) is 9.78. The summed E-state index contributed by atoms with van der Waals surface area (Å²) in [5.41, 5.74) is 5.01. The lowest BCUT2D eigenvalue weighted by Gasteiger charge is -2.26. The predicted molar refractivity (Wildman–Crippen MR) is 105 cm³/mol. The van der Waals surface area contributed by atoms with Gasteiger partial charge in [0, 0.05) is 26.2 Å². The molecule has 1 saturated heterocycles. The molecule has 2 aromatic rings. The predicted octanol–water partition coefficient (Wildman–Crippen LogP) is 3.01. The van der Waals surface area contributed by atoms with Crippen molar-refractivity contribution in [2.75, 3.05) is 26.3 Å². The molecule has 2 aromatic carbocycles. The number of carbonyl (C=O) groups is 1. The van der Waals surface area contributed by atoms with Crippen molar-refractivity contribution in [1.82, 2.24) is 15.5 Å². The average Bonchev–Trinajstić information content (AvgIpc) is 3.11. The van der Waals surface area contributed by atoms with Crippen LogP contribution in [0, 0.1) is 0 Å². The summed E-state index contributed by atoms with van der Waals surface area (Å²) in [6.45, 7) is 5.13. The molecule has 0 radical (unpaired) electrons. The van der Waals surface area contributed by atoms with Gasteiger partial charge in [-0.05, 0) is 35.1 Å². The number of hydrogen-bond donors (Lipinski definition) is 2. The quantitative estimate of drug-likeness (QED) is 0.856. The Morgan fingerprint density at radius 2 is 1.78 bits per heavy atom. The standard InChI is InChI=1S/C22H27N3O2/c26-22(24-21-10-9-19-3-1-2-4-20(19)21)23-15-17-5-7-18(8-6-17)16-25-11-13-27-14-12-25/h1-8,21H,9-16H2,(H2,23,24,26). The lowest BCUT2D eigenvalue weighted by molar-refractivity contribution is 0.0342. The molecule has 142 valence electrons. The normalized spacial score (nSPS) is 19.5. The Kier molecular flexibility index (Phi) is 5.70. The van der Waals surface area contributed by atoms with E-state index in [4.69, 9.17) is 4.74 Å². The van der Waals surface area contributed by atoms with E-state index in [1.54, 1.807) is 0 Å². The van der Waals surface area contributed by atoms with E-state index in [0.717, 1.165) is 51.3 Å². The molecule has 5 nitrogen and oxygen atoms in total. The molecule has 0 saturated carbocycles. The molecule has 0 spiro atoms. The van der Waals surface area contributed by atoms with Crippen molar-refractivity contribution in [2.24, 2.45) is 0 Å². The first-order valence-corrected chi connectivity index (χ1v) is 9.78. The maximum Gasteiger partial charge on any atom is 0.315 e. The van der Waals surface area contributed by atoms with Crippen LogP contribution in [0.2, 0.25) is 0 Å². The van der Waals surface area contributed by atoms with Crippen LogP contribution in [-0.2, 0) is 24.2 Å². The SMILES string of the molecule is O=C(NCc1ccc(CN2CCOCC2)cc1)NC1CCc2ccccc21. The molecule has 2 N–H and O–H groups in total. The molecule has 5 heteroatoms. The number of nitrogens with zero attached hydrogens (tertiary/aromatic N) is 1. The van der Waals surface area contributed by atoms with E-state index in [9.17, 15) is 4.79 Å². The van der Waals surface area contributed by atoms with Gasteiger partial charge >= 0.3 is 6.03 Å². The Bertz CT molecular complexity index is 769. The topological polar surface area (TPSA) is 53.6 Å². The zero-order valence-electron chi connectivity index (χ0n) is 15.6. The molecule has 1 atom stereocenters. The largest absolute Gasteiger partial charge is 0.379 e. The van der Waals surface area contributed by atoms with Crippen molar-refractivity contribution < 1.29 is 9.53 Å². The van der Waals surface area contributed by atoms with E-state index < -0.39 is 0 Å². The fraction of sp³-hybridized carbons (Fsp3) is 0.409. The van der Waals surface area contributed by atoms with Crippen LogP contribution in [0.4, 0.5) is 4.79 Å². The van der Waals surface area contributed by atoms with Crippen LogP contribution >= 0.6 is 0 Å². The molecule has 1 aliphatic heterocycles. The molecule has 4 rings (SSSR count). The Hall–Kier alpha value is -2.37. The van der Waals surface area contributed by atoms with E-state index in [-0.39, 0.29) is 12.1 Å². The van der Waals surface area contributed by atoms with E-state index in [0.29, 0.717) is 6.54 Å². The highest BCUT2D eigenvalue weighted by Gasteiger charge is 2.23. The van der Waals surface area contributed by atoms with Crippen molar-refractivity contribution in [3.05, 3.63) is 70.8 Å². The van der Waals surface area contributed by atoms with E-state index in [2.05, 4.69) is 58.0 Å². The minimum absolute atomic E-state index is 0.103. The van der Waals surface area contributed by atoms with Gasteiger partial charge in [0.25, 0.3) is 0 Å². The van der Waals surface area contributed by atoms with Gasteiger partial charge in [-0.15, -0.1) is 0 Å². The third-order valence-corrected chi connectivity index (χ3v) is 5.42. The van der Waals surface area contributed by atoms with Gasteiger partial charge in [-0.1, -0.05) is 48.5 Å². The van der Waals surface area contributed by atoms with Gasteiger partial charge in [0.05, 0.1) is 19.3 Å².